The largest absolute Gasteiger partial charge is 0.496 e. The molecule has 1 aromatic rings. The Balaban J connectivity index is 1.57. The molecule has 0 radical (unpaired) electrons. The molecule has 3 heteroatoms. The lowest BCUT2D eigenvalue weighted by molar-refractivity contribution is -0.115. The van der Waals surface area contributed by atoms with Gasteiger partial charge in [-0.3, -0.25) is 0 Å². The number of hydrogen-bond donors (Lipinski definition) is 1. The van der Waals surface area contributed by atoms with Crippen LogP contribution in [0.4, 0.5) is 0 Å². The van der Waals surface area contributed by atoms with E-state index < -0.39 is 0 Å². The summed E-state index contributed by atoms with van der Waals surface area (Å²) >= 11 is 1.79. The Morgan fingerprint density at radius 3 is 2.79 bits per heavy atom. The van der Waals surface area contributed by atoms with Crippen LogP contribution in [0.1, 0.15) is 38.5 Å². The maximum Gasteiger partial charge on any atom is 0.129 e. The molecule has 4 atom stereocenters. The third-order valence-electron chi connectivity index (χ3n) is 5.76. The average Bonchev–Trinajstić information content (AvgIpc) is 2.84. The topological polar surface area (TPSA) is 21.3 Å². The Bertz CT molecular complexity index is 453. The van der Waals surface area contributed by atoms with Crippen molar-refractivity contribution in [2.75, 3.05) is 7.11 Å². The summed E-state index contributed by atoms with van der Waals surface area (Å²) < 4.78 is 5.24. The van der Waals surface area contributed by atoms with E-state index in [0.717, 1.165) is 30.0 Å². The van der Waals surface area contributed by atoms with E-state index in [2.05, 4.69) is 37.5 Å². The Morgan fingerprint density at radius 1 is 1.42 bits per heavy atom. The lowest BCUT2D eigenvalue weighted by Gasteiger charge is -2.62. The molecular weight excluding hydrogens is 254 g/mol. The number of rotatable bonds is 4. The van der Waals surface area contributed by atoms with Crippen molar-refractivity contribution >= 4 is 11.3 Å². The molecule has 106 valence electrons. The van der Waals surface area contributed by atoms with Crippen LogP contribution in [-0.2, 0) is 6.54 Å². The lowest BCUT2D eigenvalue weighted by atomic mass is 9.45. The van der Waals surface area contributed by atoms with E-state index in [1.807, 2.05) is 0 Å². The summed E-state index contributed by atoms with van der Waals surface area (Å²) in [5, 5.41) is 5.86. The van der Waals surface area contributed by atoms with E-state index in [-0.39, 0.29) is 0 Å². The second kappa shape index (κ2) is 4.78. The van der Waals surface area contributed by atoms with Crippen LogP contribution < -0.4 is 10.1 Å². The zero-order chi connectivity index (χ0) is 13.6. The first-order valence-corrected chi connectivity index (χ1v) is 8.25. The molecule has 19 heavy (non-hydrogen) atoms. The van der Waals surface area contributed by atoms with Gasteiger partial charge in [0, 0.05) is 22.8 Å². The molecule has 3 aliphatic carbocycles. The van der Waals surface area contributed by atoms with Gasteiger partial charge in [-0.05, 0) is 42.1 Å². The summed E-state index contributed by atoms with van der Waals surface area (Å²) in [4.78, 5) is 1.38. The van der Waals surface area contributed by atoms with E-state index in [9.17, 15) is 0 Å². The molecule has 2 nitrogen and oxygen atoms in total. The quantitative estimate of drug-likeness (QED) is 0.902. The highest BCUT2D eigenvalue weighted by atomic mass is 32.1. The van der Waals surface area contributed by atoms with Gasteiger partial charge in [-0.15, -0.1) is 11.3 Å². The van der Waals surface area contributed by atoms with Crippen molar-refractivity contribution in [3.05, 3.63) is 16.3 Å². The normalized spacial score (nSPS) is 35.8. The van der Waals surface area contributed by atoms with Gasteiger partial charge in [0.05, 0.1) is 7.11 Å². The molecule has 4 rings (SSSR count). The van der Waals surface area contributed by atoms with Crippen molar-refractivity contribution in [3.8, 4) is 5.75 Å². The molecule has 0 aliphatic heterocycles. The minimum Gasteiger partial charge on any atom is -0.496 e. The predicted octanol–water partition coefficient (Wildman–Crippen LogP) is 3.92. The van der Waals surface area contributed by atoms with E-state index in [1.165, 1.54) is 17.7 Å². The predicted molar refractivity (Wildman–Crippen MR) is 80.7 cm³/mol. The van der Waals surface area contributed by atoms with Crippen LogP contribution in [0, 0.1) is 23.2 Å². The van der Waals surface area contributed by atoms with E-state index >= 15 is 0 Å². The highest BCUT2D eigenvalue weighted by molar-refractivity contribution is 7.10. The molecule has 0 saturated heterocycles. The van der Waals surface area contributed by atoms with Crippen LogP contribution >= 0.6 is 11.3 Å². The van der Waals surface area contributed by atoms with Gasteiger partial charge >= 0.3 is 0 Å². The first-order valence-electron chi connectivity index (χ1n) is 7.37. The number of fused-ring (bicyclic) bond motifs is 2. The SMILES string of the molecule is COc1csc(CNC2CC3CC(C2C)C3(C)C)c1. The number of ether oxygens (including phenoxy) is 1. The standard InChI is InChI=1S/C16H25NOS/c1-10-14-5-11(16(14,2)3)6-15(10)17-8-13-7-12(18-4)9-19-13/h7,9-11,14-15,17H,5-6,8H2,1-4H3. The lowest BCUT2D eigenvalue weighted by Crippen LogP contribution is -2.59. The molecule has 1 N–H and O–H groups in total. The number of methoxy groups -OCH3 is 1. The van der Waals surface area contributed by atoms with Crippen LogP contribution in [-0.4, -0.2) is 13.2 Å². The summed E-state index contributed by atoms with van der Waals surface area (Å²) in [5.41, 5.74) is 0.587. The first kappa shape index (κ1) is 13.4. The highest BCUT2D eigenvalue weighted by Crippen LogP contribution is 2.61. The molecule has 3 fully saturated rings. The van der Waals surface area contributed by atoms with E-state index in [1.54, 1.807) is 18.4 Å². The van der Waals surface area contributed by atoms with Crippen LogP contribution in [0.5, 0.6) is 5.75 Å². The highest BCUT2D eigenvalue weighted by Gasteiger charge is 2.55. The molecule has 1 aromatic heterocycles. The van der Waals surface area contributed by atoms with Gasteiger partial charge in [-0.25, -0.2) is 0 Å². The molecule has 4 unspecified atom stereocenters. The van der Waals surface area contributed by atoms with Crippen molar-refractivity contribution < 1.29 is 4.74 Å². The van der Waals surface area contributed by atoms with E-state index in [4.69, 9.17) is 4.74 Å². The molecular formula is C16H25NOS. The zero-order valence-electron chi connectivity index (χ0n) is 12.4. The Hall–Kier alpha value is -0.540. The van der Waals surface area contributed by atoms with Gasteiger partial charge in [0.1, 0.15) is 5.75 Å². The molecule has 2 bridgehead atoms. The Kier molecular flexibility index (Phi) is 3.38. The van der Waals surface area contributed by atoms with E-state index in [0.29, 0.717) is 11.5 Å². The summed E-state index contributed by atoms with van der Waals surface area (Å²) in [6, 6.07) is 2.85. The fraction of sp³-hybridized carbons (Fsp3) is 0.750. The second-order valence-electron chi connectivity index (χ2n) is 6.90. The van der Waals surface area contributed by atoms with Gasteiger partial charge in [-0.1, -0.05) is 20.8 Å². The van der Waals surface area contributed by atoms with Crippen LogP contribution in [0.2, 0.25) is 0 Å². The summed E-state index contributed by atoms with van der Waals surface area (Å²) in [5.74, 6) is 3.65. The number of thiophene rings is 1. The summed E-state index contributed by atoms with van der Waals surface area (Å²) in [7, 11) is 1.73. The second-order valence-corrected chi connectivity index (χ2v) is 7.89. The van der Waals surface area contributed by atoms with Gasteiger partial charge in [0.2, 0.25) is 0 Å². The van der Waals surface area contributed by atoms with Crippen molar-refractivity contribution in [1.29, 1.82) is 0 Å². The van der Waals surface area contributed by atoms with Crippen molar-refractivity contribution in [3.63, 3.8) is 0 Å². The maximum absolute atomic E-state index is 5.24. The average molecular weight is 279 g/mol. The minimum absolute atomic E-state index is 0.587. The van der Waals surface area contributed by atoms with Crippen LogP contribution in [0.25, 0.3) is 0 Å². The minimum atomic E-state index is 0.587. The Labute approximate surface area is 120 Å². The molecule has 0 spiro atoms. The molecule has 0 aromatic carbocycles. The first-order chi connectivity index (χ1) is 9.02. The molecule has 1 heterocycles. The van der Waals surface area contributed by atoms with Crippen molar-refractivity contribution in [2.24, 2.45) is 23.2 Å². The molecule has 3 saturated carbocycles. The summed E-state index contributed by atoms with van der Waals surface area (Å²) in [6.45, 7) is 8.35. The Morgan fingerprint density at radius 2 is 2.21 bits per heavy atom. The van der Waals surface area contributed by atoms with Gasteiger partial charge in [-0.2, -0.15) is 0 Å². The van der Waals surface area contributed by atoms with Gasteiger partial charge in [0.15, 0.2) is 0 Å². The van der Waals surface area contributed by atoms with Crippen molar-refractivity contribution in [2.45, 2.75) is 46.2 Å². The molecule has 3 aliphatic rings. The monoisotopic (exact) mass is 279 g/mol. The van der Waals surface area contributed by atoms with Crippen LogP contribution in [0.15, 0.2) is 11.4 Å². The van der Waals surface area contributed by atoms with Crippen LogP contribution in [0.3, 0.4) is 0 Å². The van der Waals surface area contributed by atoms with Gasteiger partial charge in [0.25, 0.3) is 0 Å². The third-order valence-corrected chi connectivity index (χ3v) is 6.67. The molecule has 0 amide bonds. The number of nitrogens with one attached hydrogen (secondary N) is 1. The third kappa shape index (κ3) is 2.21. The fourth-order valence-electron chi connectivity index (χ4n) is 4.21. The summed E-state index contributed by atoms with van der Waals surface area (Å²) in [6.07, 6.45) is 2.81. The number of hydrogen-bond acceptors (Lipinski definition) is 3. The fourth-order valence-corrected chi connectivity index (χ4v) is 4.99. The zero-order valence-corrected chi connectivity index (χ0v) is 13.2. The van der Waals surface area contributed by atoms with Gasteiger partial charge < -0.3 is 10.1 Å². The van der Waals surface area contributed by atoms with Crippen molar-refractivity contribution in [1.82, 2.24) is 5.32 Å². The smallest absolute Gasteiger partial charge is 0.129 e. The maximum atomic E-state index is 5.24.